The van der Waals surface area contributed by atoms with Crippen molar-refractivity contribution in [3.63, 3.8) is 0 Å². The summed E-state index contributed by atoms with van der Waals surface area (Å²) in [4.78, 5) is 19.0. The van der Waals surface area contributed by atoms with Gasteiger partial charge >= 0.3 is 0 Å². The number of aromatic nitrogens is 2. The highest BCUT2D eigenvalue weighted by Crippen LogP contribution is 2.19. The minimum atomic E-state index is -0.155. The fourth-order valence-electron chi connectivity index (χ4n) is 2.67. The molecule has 118 valence electrons. The predicted octanol–water partition coefficient (Wildman–Crippen LogP) is 3.43. The molecular weight excluding hydrogens is 288 g/mol. The number of anilines is 2. The molecule has 0 spiro atoms. The summed E-state index contributed by atoms with van der Waals surface area (Å²) in [6.45, 7) is 6.18. The van der Waals surface area contributed by atoms with Gasteiger partial charge in [0.05, 0.1) is 5.56 Å². The standard InChI is InChI=1S/C18H20N4O/c1-3-21(4-2)15-9-7-14(8-10-15)20-18(23)16-6-5-12-22-13-11-19-17(16)22/h5-13H,3-4H2,1-2H3,(H,20,23). The van der Waals surface area contributed by atoms with Gasteiger partial charge in [0.25, 0.3) is 5.91 Å². The molecule has 0 aliphatic rings. The van der Waals surface area contributed by atoms with Gasteiger partial charge in [-0.1, -0.05) is 0 Å². The average Bonchev–Trinajstić information content (AvgIpc) is 3.06. The van der Waals surface area contributed by atoms with Crippen LogP contribution in [-0.2, 0) is 0 Å². The Morgan fingerprint density at radius 1 is 1.13 bits per heavy atom. The maximum Gasteiger partial charge on any atom is 0.259 e. The Bertz CT molecular complexity index is 803. The molecule has 1 aromatic carbocycles. The number of fused-ring (bicyclic) bond motifs is 1. The number of carbonyl (C=O) groups is 1. The van der Waals surface area contributed by atoms with Crippen LogP contribution in [0, 0.1) is 0 Å². The first kappa shape index (κ1) is 15.1. The van der Waals surface area contributed by atoms with Gasteiger partial charge in [-0.3, -0.25) is 4.79 Å². The number of rotatable bonds is 5. The fraction of sp³-hybridized carbons (Fsp3) is 0.222. The Morgan fingerprint density at radius 3 is 2.57 bits per heavy atom. The van der Waals surface area contributed by atoms with Crippen LogP contribution in [0.3, 0.4) is 0 Å². The SMILES string of the molecule is CCN(CC)c1ccc(NC(=O)c2cccn3ccnc23)cc1. The Morgan fingerprint density at radius 2 is 1.87 bits per heavy atom. The van der Waals surface area contributed by atoms with Crippen molar-refractivity contribution in [3.05, 3.63) is 60.6 Å². The molecule has 0 unspecified atom stereocenters. The summed E-state index contributed by atoms with van der Waals surface area (Å²) in [6, 6.07) is 11.5. The highest BCUT2D eigenvalue weighted by molar-refractivity contribution is 6.08. The largest absolute Gasteiger partial charge is 0.372 e. The van der Waals surface area contributed by atoms with Crippen molar-refractivity contribution in [2.75, 3.05) is 23.3 Å². The normalized spacial score (nSPS) is 10.7. The number of pyridine rings is 1. The zero-order chi connectivity index (χ0) is 16.2. The summed E-state index contributed by atoms with van der Waals surface area (Å²) in [7, 11) is 0. The van der Waals surface area contributed by atoms with E-state index in [4.69, 9.17) is 0 Å². The molecule has 2 heterocycles. The van der Waals surface area contributed by atoms with E-state index < -0.39 is 0 Å². The summed E-state index contributed by atoms with van der Waals surface area (Å²) < 4.78 is 1.83. The zero-order valence-electron chi connectivity index (χ0n) is 13.4. The fourth-order valence-corrected chi connectivity index (χ4v) is 2.67. The molecule has 0 aliphatic carbocycles. The van der Waals surface area contributed by atoms with E-state index in [0.29, 0.717) is 11.2 Å². The number of imidazole rings is 1. The summed E-state index contributed by atoms with van der Waals surface area (Å²) in [5, 5.41) is 2.93. The lowest BCUT2D eigenvalue weighted by molar-refractivity contribution is 0.102. The van der Waals surface area contributed by atoms with Crippen molar-refractivity contribution >= 4 is 22.9 Å². The molecule has 5 nitrogen and oxygen atoms in total. The highest BCUT2D eigenvalue weighted by atomic mass is 16.1. The molecule has 5 heteroatoms. The number of hydrogen-bond acceptors (Lipinski definition) is 3. The number of hydrogen-bond donors (Lipinski definition) is 1. The van der Waals surface area contributed by atoms with Crippen LogP contribution >= 0.6 is 0 Å². The molecule has 2 aromatic heterocycles. The minimum absolute atomic E-state index is 0.155. The summed E-state index contributed by atoms with van der Waals surface area (Å²) in [5.74, 6) is -0.155. The number of nitrogens with one attached hydrogen (secondary N) is 1. The van der Waals surface area contributed by atoms with Crippen molar-refractivity contribution in [1.29, 1.82) is 0 Å². The van der Waals surface area contributed by atoms with Crippen molar-refractivity contribution in [3.8, 4) is 0 Å². The van der Waals surface area contributed by atoms with Crippen molar-refractivity contribution in [2.24, 2.45) is 0 Å². The van der Waals surface area contributed by atoms with Gasteiger partial charge in [0.1, 0.15) is 5.65 Å². The lowest BCUT2D eigenvalue weighted by atomic mass is 10.2. The molecule has 0 bridgehead atoms. The Kier molecular flexibility index (Phi) is 4.28. The second-order valence-electron chi connectivity index (χ2n) is 5.25. The van der Waals surface area contributed by atoms with Crippen molar-refractivity contribution in [1.82, 2.24) is 9.38 Å². The molecule has 0 aliphatic heterocycles. The van der Waals surface area contributed by atoms with Crippen LogP contribution in [0.1, 0.15) is 24.2 Å². The van der Waals surface area contributed by atoms with Crippen LogP contribution in [0.4, 0.5) is 11.4 Å². The first-order valence-electron chi connectivity index (χ1n) is 7.81. The van der Waals surface area contributed by atoms with Crippen LogP contribution in [-0.4, -0.2) is 28.4 Å². The summed E-state index contributed by atoms with van der Waals surface area (Å²) in [5.41, 5.74) is 3.15. The van der Waals surface area contributed by atoms with Gasteiger partial charge in [0.2, 0.25) is 0 Å². The monoisotopic (exact) mass is 308 g/mol. The molecule has 23 heavy (non-hydrogen) atoms. The number of nitrogens with zero attached hydrogens (tertiary/aromatic N) is 3. The molecule has 0 fully saturated rings. The van der Waals surface area contributed by atoms with Gasteiger partial charge in [-0.05, 0) is 50.2 Å². The van der Waals surface area contributed by atoms with E-state index in [2.05, 4.69) is 29.0 Å². The molecule has 1 N–H and O–H groups in total. The molecule has 0 saturated heterocycles. The third-order valence-electron chi connectivity index (χ3n) is 3.92. The van der Waals surface area contributed by atoms with Crippen LogP contribution in [0.2, 0.25) is 0 Å². The van der Waals surface area contributed by atoms with E-state index in [1.165, 1.54) is 0 Å². The van der Waals surface area contributed by atoms with Crippen molar-refractivity contribution in [2.45, 2.75) is 13.8 Å². The van der Waals surface area contributed by atoms with E-state index in [9.17, 15) is 4.79 Å². The number of carbonyl (C=O) groups excluding carboxylic acids is 1. The molecule has 0 radical (unpaired) electrons. The first-order chi connectivity index (χ1) is 11.2. The summed E-state index contributed by atoms with van der Waals surface area (Å²) >= 11 is 0. The molecule has 0 saturated carbocycles. The van der Waals surface area contributed by atoms with E-state index in [-0.39, 0.29) is 5.91 Å². The number of amides is 1. The van der Waals surface area contributed by atoms with Crippen LogP contribution in [0.5, 0.6) is 0 Å². The van der Waals surface area contributed by atoms with Gasteiger partial charge in [0.15, 0.2) is 0 Å². The van der Waals surface area contributed by atoms with Crippen LogP contribution in [0.15, 0.2) is 55.0 Å². The van der Waals surface area contributed by atoms with Crippen LogP contribution in [0.25, 0.3) is 5.65 Å². The Labute approximate surface area is 135 Å². The third-order valence-corrected chi connectivity index (χ3v) is 3.92. The average molecular weight is 308 g/mol. The van der Waals surface area contributed by atoms with Gasteiger partial charge in [-0.2, -0.15) is 0 Å². The van der Waals surface area contributed by atoms with E-state index in [1.54, 1.807) is 12.3 Å². The molecule has 3 aromatic rings. The molecular formula is C18H20N4O. The Hall–Kier alpha value is -2.82. The van der Waals surface area contributed by atoms with Gasteiger partial charge in [-0.25, -0.2) is 4.98 Å². The van der Waals surface area contributed by atoms with E-state index >= 15 is 0 Å². The molecule has 0 atom stereocenters. The molecule has 1 amide bonds. The number of benzene rings is 1. The third kappa shape index (κ3) is 3.04. The van der Waals surface area contributed by atoms with Gasteiger partial charge in [-0.15, -0.1) is 0 Å². The quantitative estimate of drug-likeness (QED) is 0.785. The second-order valence-corrected chi connectivity index (χ2v) is 5.25. The summed E-state index contributed by atoms with van der Waals surface area (Å²) in [6.07, 6.45) is 5.38. The smallest absolute Gasteiger partial charge is 0.259 e. The van der Waals surface area contributed by atoms with E-state index in [1.807, 2.05) is 47.1 Å². The van der Waals surface area contributed by atoms with Crippen LogP contribution < -0.4 is 10.2 Å². The maximum atomic E-state index is 12.5. The Balaban J connectivity index is 1.79. The zero-order valence-corrected chi connectivity index (χ0v) is 13.4. The topological polar surface area (TPSA) is 49.6 Å². The van der Waals surface area contributed by atoms with E-state index in [0.717, 1.165) is 24.5 Å². The lowest BCUT2D eigenvalue weighted by Crippen LogP contribution is -2.21. The van der Waals surface area contributed by atoms with Crippen molar-refractivity contribution < 1.29 is 4.79 Å². The van der Waals surface area contributed by atoms with Gasteiger partial charge < -0.3 is 14.6 Å². The highest BCUT2D eigenvalue weighted by Gasteiger charge is 2.11. The minimum Gasteiger partial charge on any atom is -0.372 e. The predicted molar refractivity (Wildman–Crippen MR) is 93.1 cm³/mol. The van der Waals surface area contributed by atoms with Gasteiger partial charge in [0, 0.05) is 43.1 Å². The maximum absolute atomic E-state index is 12.5. The first-order valence-corrected chi connectivity index (χ1v) is 7.81. The molecule has 3 rings (SSSR count). The lowest BCUT2D eigenvalue weighted by Gasteiger charge is -2.21. The second kappa shape index (κ2) is 6.52.